The summed E-state index contributed by atoms with van der Waals surface area (Å²) < 4.78 is 5.32. The summed E-state index contributed by atoms with van der Waals surface area (Å²) in [4.78, 5) is 27.0. The number of carboxylic acids is 1. The maximum absolute atomic E-state index is 12.3. The lowest BCUT2D eigenvalue weighted by Gasteiger charge is -2.26. The second-order valence-corrected chi connectivity index (χ2v) is 5.56. The Labute approximate surface area is 118 Å². The summed E-state index contributed by atoms with van der Waals surface area (Å²) in [7, 11) is 0. The molecule has 0 radical (unpaired) electrons. The van der Waals surface area contributed by atoms with Gasteiger partial charge in [0.15, 0.2) is 0 Å². The van der Waals surface area contributed by atoms with E-state index in [0.29, 0.717) is 5.56 Å². The van der Waals surface area contributed by atoms with E-state index in [9.17, 15) is 9.59 Å². The number of nitrogens with two attached hydrogens (primary N) is 1. The molecule has 1 aromatic rings. The molecule has 0 saturated carbocycles. The Morgan fingerprint density at radius 2 is 2.10 bits per heavy atom. The molecule has 0 saturated heterocycles. The minimum absolute atomic E-state index is 0.321. The van der Waals surface area contributed by atoms with Crippen LogP contribution in [0.5, 0.6) is 0 Å². The van der Waals surface area contributed by atoms with Gasteiger partial charge in [0.1, 0.15) is 5.60 Å². The van der Waals surface area contributed by atoms with Crippen molar-refractivity contribution in [2.24, 2.45) is 5.73 Å². The third-order valence-electron chi connectivity index (χ3n) is 2.54. The number of carbonyl (C=O) groups excluding carboxylic acids is 1. The quantitative estimate of drug-likeness (QED) is 0.788. The van der Waals surface area contributed by atoms with Crippen LogP contribution in [0.15, 0.2) is 24.5 Å². The highest BCUT2D eigenvalue weighted by Crippen LogP contribution is 2.24. The molecule has 6 nitrogen and oxygen atoms in total. The van der Waals surface area contributed by atoms with Gasteiger partial charge in [0.2, 0.25) is 0 Å². The van der Waals surface area contributed by atoms with Gasteiger partial charge in [-0.25, -0.2) is 0 Å². The number of hydrogen-bond acceptors (Lipinski definition) is 5. The molecule has 2 atom stereocenters. The fourth-order valence-corrected chi connectivity index (χ4v) is 1.80. The molecule has 0 aliphatic rings. The van der Waals surface area contributed by atoms with E-state index < -0.39 is 29.5 Å². The SMILES string of the molecule is CC(C)(C)OC(=O)C(c1cccnc1)[C@@H](N)CC(=O)O. The molecule has 20 heavy (non-hydrogen) atoms. The maximum atomic E-state index is 12.3. The Balaban J connectivity index is 3.02. The molecule has 0 aromatic carbocycles. The Bertz CT molecular complexity index is 468. The lowest BCUT2D eigenvalue weighted by Crippen LogP contribution is -2.39. The second kappa shape index (κ2) is 6.47. The van der Waals surface area contributed by atoms with Gasteiger partial charge >= 0.3 is 11.9 Å². The summed E-state index contributed by atoms with van der Waals surface area (Å²) in [5, 5.41) is 8.85. The lowest BCUT2D eigenvalue weighted by molar-refractivity contribution is -0.157. The number of carboxylic acid groups (broad SMARTS) is 1. The minimum Gasteiger partial charge on any atom is -0.481 e. The van der Waals surface area contributed by atoms with E-state index in [1.54, 1.807) is 39.1 Å². The summed E-state index contributed by atoms with van der Waals surface area (Å²) in [5.74, 6) is -2.45. The Hall–Kier alpha value is -1.95. The van der Waals surface area contributed by atoms with Gasteiger partial charge in [-0.2, -0.15) is 0 Å². The van der Waals surface area contributed by atoms with Crippen LogP contribution in [-0.4, -0.2) is 33.7 Å². The highest BCUT2D eigenvalue weighted by molar-refractivity contribution is 5.80. The average molecular weight is 280 g/mol. The number of nitrogens with zero attached hydrogens (tertiary/aromatic N) is 1. The molecule has 0 bridgehead atoms. The van der Waals surface area contributed by atoms with Gasteiger partial charge in [0.05, 0.1) is 12.3 Å². The average Bonchev–Trinajstić information content (AvgIpc) is 2.26. The van der Waals surface area contributed by atoms with Crippen molar-refractivity contribution in [2.75, 3.05) is 0 Å². The van der Waals surface area contributed by atoms with E-state index in [4.69, 9.17) is 15.6 Å². The smallest absolute Gasteiger partial charge is 0.315 e. The van der Waals surface area contributed by atoms with Crippen molar-refractivity contribution < 1.29 is 19.4 Å². The third kappa shape index (κ3) is 4.97. The number of hydrogen-bond donors (Lipinski definition) is 2. The molecular formula is C14H20N2O4. The summed E-state index contributed by atoms with van der Waals surface area (Å²) in [6, 6.07) is 2.48. The van der Waals surface area contributed by atoms with Gasteiger partial charge in [-0.05, 0) is 32.4 Å². The molecule has 1 unspecified atom stereocenters. The molecule has 1 heterocycles. The van der Waals surface area contributed by atoms with E-state index in [0.717, 1.165) is 0 Å². The van der Waals surface area contributed by atoms with Crippen LogP contribution in [0.3, 0.4) is 0 Å². The van der Waals surface area contributed by atoms with Gasteiger partial charge in [-0.3, -0.25) is 14.6 Å². The number of rotatable bonds is 5. The fraction of sp³-hybridized carbons (Fsp3) is 0.500. The number of aromatic nitrogens is 1. The standard InChI is InChI=1S/C14H20N2O4/c1-14(2,3)20-13(19)12(10(15)7-11(17)18)9-5-4-6-16-8-9/h4-6,8,10,12H,7,15H2,1-3H3,(H,17,18)/t10-,12?/m0/s1. The minimum atomic E-state index is -1.06. The van der Waals surface area contributed by atoms with Gasteiger partial charge in [-0.1, -0.05) is 6.07 Å². The van der Waals surface area contributed by atoms with E-state index in [1.165, 1.54) is 6.20 Å². The zero-order valence-electron chi connectivity index (χ0n) is 11.9. The van der Waals surface area contributed by atoms with Crippen molar-refractivity contribution in [3.63, 3.8) is 0 Å². The summed E-state index contributed by atoms with van der Waals surface area (Å²) >= 11 is 0. The van der Waals surface area contributed by atoms with Crippen molar-refractivity contribution in [1.82, 2.24) is 4.98 Å². The first-order chi connectivity index (χ1) is 9.20. The largest absolute Gasteiger partial charge is 0.481 e. The normalized spacial score (nSPS) is 14.4. The van der Waals surface area contributed by atoms with E-state index in [-0.39, 0.29) is 6.42 Å². The van der Waals surface area contributed by atoms with Crippen LogP contribution in [0, 0.1) is 0 Å². The summed E-state index contributed by atoms with van der Waals surface area (Å²) in [6.45, 7) is 5.23. The van der Waals surface area contributed by atoms with Crippen LogP contribution in [0.2, 0.25) is 0 Å². The first-order valence-electron chi connectivity index (χ1n) is 6.31. The van der Waals surface area contributed by atoms with Crippen LogP contribution in [0.1, 0.15) is 38.7 Å². The fourth-order valence-electron chi connectivity index (χ4n) is 1.80. The number of aliphatic carboxylic acids is 1. The van der Waals surface area contributed by atoms with Crippen molar-refractivity contribution in [3.8, 4) is 0 Å². The highest BCUT2D eigenvalue weighted by atomic mass is 16.6. The molecule has 0 fully saturated rings. The van der Waals surface area contributed by atoms with Gasteiger partial charge in [0, 0.05) is 18.4 Å². The molecule has 0 spiro atoms. The maximum Gasteiger partial charge on any atom is 0.315 e. The number of carbonyl (C=O) groups is 2. The van der Waals surface area contributed by atoms with Crippen LogP contribution < -0.4 is 5.73 Å². The van der Waals surface area contributed by atoms with E-state index >= 15 is 0 Å². The van der Waals surface area contributed by atoms with Gasteiger partial charge < -0.3 is 15.6 Å². The molecule has 3 N–H and O–H groups in total. The molecule has 0 aliphatic carbocycles. The van der Waals surface area contributed by atoms with Gasteiger partial charge in [0.25, 0.3) is 0 Å². The zero-order chi connectivity index (χ0) is 15.3. The molecule has 0 amide bonds. The van der Waals surface area contributed by atoms with E-state index in [2.05, 4.69) is 4.98 Å². The molecule has 1 aromatic heterocycles. The zero-order valence-corrected chi connectivity index (χ0v) is 11.9. The molecule has 0 aliphatic heterocycles. The van der Waals surface area contributed by atoms with E-state index in [1.807, 2.05) is 0 Å². The molecule has 6 heteroatoms. The van der Waals surface area contributed by atoms with Crippen LogP contribution in [0.25, 0.3) is 0 Å². The second-order valence-electron chi connectivity index (χ2n) is 5.56. The van der Waals surface area contributed by atoms with Crippen LogP contribution >= 0.6 is 0 Å². The topological polar surface area (TPSA) is 103 Å². The first kappa shape index (κ1) is 16.1. The number of ether oxygens (including phenoxy) is 1. The summed E-state index contributed by atoms with van der Waals surface area (Å²) in [5.41, 5.74) is 5.75. The number of pyridine rings is 1. The predicted molar refractivity (Wildman–Crippen MR) is 73.1 cm³/mol. The van der Waals surface area contributed by atoms with Crippen molar-refractivity contribution in [3.05, 3.63) is 30.1 Å². The molecular weight excluding hydrogens is 260 g/mol. The highest BCUT2D eigenvalue weighted by Gasteiger charge is 2.33. The van der Waals surface area contributed by atoms with Crippen LogP contribution in [0.4, 0.5) is 0 Å². The number of esters is 1. The predicted octanol–water partition coefficient (Wildman–Crippen LogP) is 1.31. The van der Waals surface area contributed by atoms with Crippen LogP contribution in [-0.2, 0) is 14.3 Å². The Morgan fingerprint density at radius 1 is 1.45 bits per heavy atom. The van der Waals surface area contributed by atoms with Crippen molar-refractivity contribution in [1.29, 1.82) is 0 Å². The monoisotopic (exact) mass is 280 g/mol. The van der Waals surface area contributed by atoms with Crippen molar-refractivity contribution in [2.45, 2.75) is 44.8 Å². The Morgan fingerprint density at radius 3 is 2.55 bits per heavy atom. The summed E-state index contributed by atoms with van der Waals surface area (Å²) in [6.07, 6.45) is 2.74. The first-order valence-corrected chi connectivity index (χ1v) is 6.31. The van der Waals surface area contributed by atoms with Gasteiger partial charge in [-0.15, -0.1) is 0 Å². The molecule has 110 valence electrons. The third-order valence-corrected chi connectivity index (χ3v) is 2.54. The Kier molecular flexibility index (Phi) is 5.21. The van der Waals surface area contributed by atoms with Crippen molar-refractivity contribution >= 4 is 11.9 Å². The molecule has 1 rings (SSSR count). The lowest BCUT2D eigenvalue weighted by atomic mass is 9.91.